The van der Waals surface area contributed by atoms with Gasteiger partial charge in [-0.15, -0.1) is 0 Å². The lowest BCUT2D eigenvalue weighted by Crippen LogP contribution is -2.20. The van der Waals surface area contributed by atoms with Crippen LogP contribution >= 0.6 is 20.7 Å². The van der Waals surface area contributed by atoms with Gasteiger partial charge in [0.05, 0.1) is 3.51 Å². The third-order valence-electron chi connectivity index (χ3n) is 2.48. The van der Waals surface area contributed by atoms with Crippen molar-refractivity contribution in [1.29, 1.82) is 0 Å². The summed E-state index contributed by atoms with van der Waals surface area (Å²) in [5.74, 6) is -0.254. The first-order chi connectivity index (χ1) is 9.18. The van der Waals surface area contributed by atoms with E-state index in [0.717, 1.165) is 3.57 Å². The second-order valence-electron chi connectivity index (χ2n) is 3.96. The van der Waals surface area contributed by atoms with E-state index >= 15 is 0 Å². The number of halogens is 1. The van der Waals surface area contributed by atoms with Gasteiger partial charge in [-0.05, 0) is 19.1 Å². The van der Waals surface area contributed by atoms with E-state index in [2.05, 4.69) is 0 Å². The van der Waals surface area contributed by atoms with Crippen LogP contribution in [0.2, 0.25) is 0 Å². The molecule has 0 N–H and O–H groups in total. The minimum atomic E-state index is -0.728. The van der Waals surface area contributed by atoms with Crippen LogP contribution in [0.4, 0.5) is 0 Å². The molecule has 2 aromatic carbocycles. The van der Waals surface area contributed by atoms with Gasteiger partial charge in [0, 0.05) is 9.13 Å². The highest BCUT2D eigenvalue weighted by molar-refractivity contribution is 14.2. The summed E-state index contributed by atoms with van der Waals surface area (Å²) in [5, 5.41) is 0. The maximum absolute atomic E-state index is 12.4. The van der Waals surface area contributed by atoms with E-state index in [1.165, 1.54) is 6.92 Å². The number of carbonyl (C=O) groups is 2. The van der Waals surface area contributed by atoms with Gasteiger partial charge in [-0.1, -0.05) is 69.3 Å². The first-order valence-electron chi connectivity index (χ1n) is 5.86. The smallest absolute Gasteiger partial charge is 0.202 e. The van der Waals surface area contributed by atoms with Crippen LogP contribution in [0.3, 0.4) is 0 Å². The lowest BCUT2D eigenvalue weighted by Gasteiger charge is -2.02. The van der Waals surface area contributed by atoms with E-state index in [4.69, 9.17) is 0 Å². The van der Waals surface area contributed by atoms with Gasteiger partial charge in [-0.25, -0.2) is 0 Å². The van der Waals surface area contributed by atoms with Crippen molar-refractivity contribution in [3.05, 3.63) is 69.8 Å². The molecule has 2 rings (SSSR count). The molecule has 2 nitrogen and oxygen atoms in total. The summed E-state index contributed by atoms with van der Waals surface area (Å²) in [4.78, 5) is 24.1. The highest BCUT2D eigenvalue weighted by Gasteiger charge is 2.16. The molecule has 0 aromatic heterocycles. The Morgan fingerprint density at radius 3 is 1.89 bits per heavy atom. The van der Waals surface area contributed by atoms with E-state index in [-0.39, 0.29) is 11.6 Å². The molecular weight excluding hydrogens is 351 g/mol. The minimum absolute atomic E-state index is 0.120. The molecule has 0 aliphatic heterocycles. The van der Waals surface area contributed by atoms with Crippen molar-refractivity contribution < 1.29 is 9.59 Å². The Bertz CT molecular complexity index is 616. The fourth-order valence-corrected chi connectivity index (χ4v) is 3.91. The maximum atomic E-state index is 12.4. The van der Waals surface area contributed by atoms with Crippen LogP contribution in [-0.4, -0.2) is 15.1 Å². The van der Waals surface area contributed by atoms with Crippen molar-refractivity contribution in [2.24, 2.45) is 0 Å². The van der Waals surface area contributed by atoms with Crippen molar-refractivity contribution in [3.63, 3.8) is 0 Å². The van der Waals surface area contributed by atoms with Crippen LogP contribution in [-0.2, 0) is 4.79 Å². The monoisotopic (exact) mass is 364 g/mol. The topological polar surface area (TPSA) is 34.1 Å². The molecule has 0 saturated carbocycles. The Labute approximate surface area is 122 Å². The van der Waals surface area contributed by atoms with E-state index < -0.39 is 20.7 Å². The molecule has 0 aliphatic carbocycles. The van der Waals surface area contributed by atoms with Crippen LogP contribution in [0.1, 0.15) is 17.3 Å². The SMILES string of the molecule is CC(=O)C(=Ic1ccccc1)C(=O)c1ccccc1. The zero-order valence-corrected chi connectivity index (χ0v) is 12.6. The number of benzene rings is 2. The molecule has 3 heteroatoms. The number of carbonyl (C=O) groups excluding carboxylic acids is 2. The van der Waals surface area contributed by atoms with Gasteiger partial charge in [-0.2, -0.15) is 0 Å². The van der Waals surface area contributed by atoms with Crippen LogP contribution in [0.15, 0.2) is 60.7 Å². The molecule has 0 heterocycles. The zero-order chi connectivity index (χ0) is 13.7. The molecule has 0 unspecified atom stereocenters. The standard InChI is InChI=1S/C16H13IO2/c1-12(18)15(17-14-10-6-3-7-11-14)16(19)13-8-4-2-5-9-13/h2-11H,1H3. The van der Waals surface area contributed by atoms with Crippen molar-refractivity contribution in [3.8, 4) is 0 Å². The van der Waals surface area contributed by atoms with Gasteiger partial charge < -0.3 is 0 Å². The molecule has 0 spiro atoms. The van der Waals surface area contributed by atoms with Gasteiger partial charge in [0.25, 0.3) is 0 Å². The average Bonchev–Trinajstić information content (AvgIpc) is 2.46. The number of hydrogen-bond acceptors (Lipinski definition) is 2. The Morgan fingerprint density at radius 2 is 1.37 bits per heavy atom. The van der Waals surface area contributed by atoms with E-state index in [1.807, 2.05) is 48.5 Å². The Kier molecular flexibility index (Phi) is 4.74. The largest absolute Gasteiger partial charge is 0.294 e. The highest BCUT2D eigenvalue weighted by Crippen LogP contribution is 2.16. The van der Waals surface area contributed by atoms with E-state index in [1.54, 1.807) is 12.1 Å². The van der Waals surface area contributed by atoms with Crippen molar-refractivity contribution in [1.82, 2.24) is 0 Å². The fraction of sp³-hybridized carbons (Fsp3) is 0.0625. The van der Waals surface area contributed by atoms with Crippen LogP contribution in [0.25, 0.3) is 0 Å². The molecular formula is C16H13IO2. The summed E-state index contributed by atoms with van der Waals surface area (Å²) < 4.78 is 1.52. The molecule has 0 fully saturated rings. The van der Waals surface area contributed by atoms with Crippen LogP contribution in [0.5, 0.6) is 0 Å². The first kappa shape index (κ1) is 13.8. The molecule has 0 bridgehead atoms. The Hall–Kier alpha value is -1.62. The molecule has 0 aliphatic rings. The van der Waals surface area contributed by atoms with Gasteiger partial charge in [0.15, 0.2) is 5.78 Å². The molecule has 0 saturated heterocycles. The third-order valence-corrected chi connectivity index (χ3v) is 5.61. The summed E-state index contributed by atoms with van der Waals surface area (Å²) in [7, 11) is 0. The number of Topliss-reactive ketones (excluding diaryl/α,β-unsaturated/α-hetero) is 2. The van der Waals surface area contributed by atoms with Crippen LogP contribution in [0, 0.1) is 3.57 Å². The lowest BCUT2D eigenvalue weighted by atomic mass is 10.1. The summed E-state index contributed by atoms with van der Waals surface area (Å²) in [6.45, 7) is 1.47. The van der Waals surface area contributed by atoms with Crippen LogP contribution < -0.4 is 0 Å². The first-order valence-corrected chi connectivity index (χ1v) is 8.02. The number of rotatable bonds is 4. The summed E-state index contributed by atoms with van der Waals surface area (Å²) in [5.41, 5.74) is 0.586. The van der Waals surface area contributed by atoms with Crippen molar-refractivity contribution in [2.75, 3.05) is 0 Å². The van der Waals surface area contributed by atoms with Gasteiger partial charge in [0.1, 0.15) is 0 Å². The van der Waals surface area contributed by atoms with Crippen molar-refractivity contribution in [2.45, 2.75) is 6.92 Å². The number of ketones is 2. The molecule has 0 atom stereocenters. The third kappa shape index (κ3) is 3.67. The average molecular weight is 364 g/mol. The van der Waals surface area contributed by atoms with E-state index in [9.17, 15) is 9.59 Å². The zero-order valence-electron chi connectivity index (χ0n) is 10.5. The van der Waals surface area contributed by atoms with E-state index in [0.29, 0.717) is 9.07 Å². The normalized spacial score (nSPS) is 11.5. The summed E-state index contributed by atoms with van der Waals surface area (Å²) >= 11 is -0.728. The summed E-state index contributed by atoms with van der Waals surface area (Å²) in [6.07, 6.45) is 0. The molecule has 2 aromatic rings. The van der Waals surface area contributed by atoms with Gasteiger partial charge >= 0.3 is 0 Å². The minimum Gasteiger partial charge on any atom is -0.294 e. The second kappa shape index (κ2) is 6.52. The van der Waals surface area contributed by atoms with Gasteiger partial charge in [-0.3, -0.25) is 9.59 Å². The second-order valence-corrected chi connectivity index (χ2v) is 6.82. The maximum Gasteiger partial charge on any atom is 0.202 e. The predicted octanol–water partition coefficient (Wildman–Crippen LogP) is 3.47. The Balaban J connectivity index is 2.40. The predicted molar refractivity (Wildman–Crippen MR) is 85.6 cm³/mol. The number of hydrogen-bond donors (Lipinski definition) is 0. The fourth-order valence-electron chi connectivity index (χ4n) is 1.57. The quantitative estimate of drug-likeness (QED) is 0.473. The van der Waals surface area contributed by atoms with Crippen molar-refractivity contribution >= 4 is 35.8 Å². The summed E-state index contributed by atoms with van der Waals surface area (Å²) in [6, 6.07) is 18.7. The van der Waals surface area contributed by atoms with Gasteiger partial charge in [0.2, 0.25) is 5.78 Å². The molecule has 19 heavy (non-hydrogen) atoms. The molecule has 96 valence electrons. The molecule has 0 radical (unpaired) electrons. The lowest BCUT2D eigenvalue weighted by molar-refractivity contribution is -0.110. The Morgan fingerprint density at radius 1 is 0.842 bits per heavy atom. The highest BCUT2D eigenvalue weighted by atomic mass is 127. The molecule has 0 amide bonds.